The highest BCUT2D eigenvalue weighted by Gasteiger charge is 2.19. The van der Waals surface area contributed by atoms with Crippen LogP contribution in [0.3, 0.4) is 0 Å². The number of nitrogens with two attached hydrogens (primary N) is 1. The van der Waals surface area contributed by atoms with Crippen molar-refractivity contribution >= 4 is 6.03 Å². The zero-order valence-electron chi connectivity index (χ0n) is 11.9. The molecule has 3 N–H and O–H groups in total. The third-order valence-electron chi connectivity index (χ3n) is 3.28. The number of methoxy groups -OCH3 is 1. The van der Waals surface area contributed by atoms with Crippen molar-refractivity contribution in [3.8, 4) is 11.5 Å². The number of amides is 2. The van der Waals surface area contributed by atoms with Gasteiger partial charge in [-0.2, -0.15) is 0 Å². The molecule has 20 heavy (non-hydrogen) atoms. The summed E-state index contributed by atoms with van der Waals surface area (Å²) in [5.41, 5.74) is 6.85. The lowest BCUT2D eigenvalue weighted by Gasteiger charge is -2.18. The summed E-state index contributed by atoms with van der Waals surface area (Å²) in [7, 11) is 1.61. The number of ether oxygens (including phenoxy) is 2. The van der Waals surface area contributed by atoms with Gasteiger partial charge in [0.25, 0.3) is 0 Å². The molecule has 110 valence electrons. The zero-order chi connectivity index (χ0) is 14.5. The molecule has 6 heteroatoms. The minimum atomic E-state index is -0.119. The van der Waals surface area contributed by atoms with Gasteiger partial charge in [-0.15, -0.1) is 0 Å². The van der Waals surface area contributed by atoms with Crippen molar-refractivity contribution in [1.82, 2.24) is 10.2 Å². The zero-order valence-corrected chi connectivity index (χ0v) is 11.9. The number of benzene rings is 1. The molecule has 0 radical (unpaired) electrons. The fourth-order valence-corrected chi connectivity index (χ4v) is 2.13. The first kappa shape index (κ1) is 14.5. The Labute approximate surface area is 118 Å². The molecular weight excluding hydrogens is 258 g/mol. The average molecular weight is 279 g/mol. The van der Waals surface area contributed by atoms with Gasteiger partial charge in [0, 0.05) is 30.8 Å². The van der Waals surface area contributed by atoms with E-state index in [2.05, 4.69) is 5.32 Å². The molecule has 1 unspecified atom stereocenters. The summed E-state index contributed by atoms with van der Waals surface area (Å²) in [6, 6.07) is 5.43. The van der Waals surface area contributed by atoms with Crippen molar-refractivity contribution in [1.29, 1.82) is 0 Å². The number of hydrogen-bond donors (Lipinski definition) is 2. The van der Waals surface area contributed by atoms with Gasteiger partial charge in [0.05, 0.1) is 13.7 Å². The Morgan fingerprint density at radius 3 is 2.90 bits per heavy atom. The molecule has 1 aliphatic heterocycles. The van der Waals surface area contributed by atoms with Gasteiger partial charge in [-0.05, 0) is 13.0 Å². The highest BCUT2D eigenvalue weighted by Crippen LogP contribution is 2.28. The van der Waals surface area contributed by atoms with Crippen molar-refractivity contribution in [2.75, 3.05) is 33.4 Å². The van der Waals surface area contributed by atoms with Crippen LogP contribution in [0.15, 0.2) is 18.2 Å². The normalized spacial score (nSPS) is 15.9. The molecule has 0 aromatic heterocycles. The largest absolute Gasteiger partial charge is 0.497 e. The van der Waals surface area contributed by atoms with Gasteiger partial charge in [0.1, 0.15) is 18.1 Å². The van der Waals surface area contributed by atoms with Gasteiger partial charge in [0.2, 0.25) is 0 Å². The topological polar surface area (TPSA) is 76.8 Å². The Bertz CT molecular complexity index is 477. The molecule has 1 saturated heterocycles. The van der Waals surface area contributed by atoms with E-state index in [4.69, 9.17) is 15.2 Å². The maximum Gasteiger partial charge on any atom is 0.317 e. The van der Waals surface area contributed by atoms with E-state index in [1.165, 1.54) is 0 Å². The van der Waals surface area contributed by atoms with Gasteiger partial charge in [-0.3, -0.25) is 0 Å². The molecule has 1 heterocycles. The van der Waals surface area contributed by atoms with Crippen molar-refractivity contribution in [2.45, 2.75) is 13.0 Å². The van der Waals surface area contributed by atoms with Crippen LogP contribution in [-0.4, -0.2) is 44.3 Å². The quantitative estimate of drug-likeness (QED) is 0.818. The molecule has 1 aromatic rings. The van der Waals surface area contributed by atoms with E-state index in [9.17, 15) is 4.79 Å². The number of carbonyl (C=O) groups excluding carboxylic acids is 1. The second-order valence-corrected chi connectivity index (χ2v) is 4.76. The monoisotopic (exact) mass is 279 g/mol. The minimum Gasteiger partial charge on any atom is -0.497 e. The van der Waals surface area contributed by atoms with Crippen molar-refractivity contribution in [3.63, 3.8) is 0 Å². The van der Waals surface area contributed by atoms with Gasteiger partial charge < -0.3 is 25.4 Å². The summed E-state index contributed by atoms with van der Waals surface area (Å²) in [5.74, 6) is 1.43. The summed E-state index contributed by atoms with van der Waals surface area (Å²) in [4.78, 5) is 13.1. The van der Waals surface area contributed by atoms with Crippen molar-refractivity contribution < 1.29 is 14.3 Å². The maximum atomic E-state index is 11.4. The van der Waals surface area contributed by atoms with Crippen molar-refractivity contribution in [3.05, 3.63) is 23.8 Å². The molecule has 6 nitrogen and oxygen atoms in total. The third-order valence-corrected chi connectivity index (χ3v) is 3.28. The standard InChI is InChI=1S/C14H21N3O3/c1-10(15)12-4-3-11(19-2)9-13(12)20-8-7-17-6-5-16-14(17)18/h3-4,9-10H,5-8,15H2,1-2H3,(H,16,18). The van der Waals surface area contributed by atoms with Crippen LogP contribution in [0.25, 0.3) is 0 Å². The highest BCUT2D eigenvalue weighted by atomic mass is 16.5. The Hall–Kier alpha value is -1.95. The minimum absolute atomic E-state index is 0.0355. The van der Waals surface area contributed by atoms with Crippen LogP contribution >= 0.6 is 0 Å². The first-order valence-electron chi connectivity index (χ1n) is 6.71. The lowest BCUT2D eigenvalue weighted by Crippen LogP contribution is -2.32. The summed E-state index contributed by atoms with van der Waals surface area (Å²) in [6.07, 6.45) is 0. The molecule has 2 amide bonds. The summed E-state index contributed by atoms with van der Waals surface area (Å²) in [5, 5.41) is 2.76. The Balaban J connectivity index is 1.98. The average Bonchev–Trinajstić information content (AvgIpc) is 2.84. The fraction of sp³-hybridized carbons (Fsp3) is 0.500. The van der Waals surface area contributed by atoms with Crippen LogP contribution in [0.5, 0.6) is 11.5 Å². The van der Waals surface area contributed by atoms with Crippen LogP contribution in [0, 0.1) is 0 Å². The predicted molar refractivity (Wildman–Crippen MR) is 76.1 cm³/mol. The highest BCUT2D eigenvalue weighted by molar-refractivity contribution is 5.76. The SMILES string of the molecule is COc1ccc(C(C)N)c(OCCN2CCNC2=O)c1. The van der Waals surface area contributed by atoms with Crippen LogP contribution in [0.2, 0.25) is 0 Å². The summed E-state index contributed by atoms with van der Waals surface area (Å²) in [6.45, 7) is 4.31. The third kappa shape index (κ3) is 3.33. The lowest BCUT2D eigenvalue weighted by molar-refractivity contribution is 0.202. The van der Waals surface area contributed by atoms with Gasteiger partial charge in [-0.1, -0.05) is 6.07 Å². The van der Waals surface area contributed by atoms with E-state index >= 15 is 0 Å². The fourth-order valence-electron chi connectivity index (χ4n) is 2.13. The molecular formula is C14H21N3O3. The molecule has 0 aliphatic carbocycles. The van der Waals surface area contributed by atoms with Crippen LogP contribution in [0.4, 0.5) is 4.79 Å². The molecule has 2 rings (SSSR count). The van der Waals surface area contributed by atoms with Crippen LogP contribution in [0.1, 0.15) is 18.5 Å². The van der Waals surface area contributed by atoms with E-state index in [0.717, 1.165) is 17.9 Å². The van der Waals surface area contributed by atoms with E-state index in [0.29, 0.717) is 25.4 Å². The van der Waals surface area contributed by atoms with E-state index in [-0.39, 0.29) is 12.1 Å². The molecule has 0 saturated carbocycles. The lowest BCUT2D eigenvalue weighted by atomic mass is 10.1. The maximum absolute atomic E-state index is 11.4. The summed E-state index contributed by atoms with van der Waals surface area (Å²) >= 11 is 0. The van der Waals surface area contributed by atoms with Crippen LogP contribution < -0.4 is 20.5 Å². The Morgan fingerprint density at radius 1 is 1.50 bits per heavy atom. The number of nitrogens with one attached hydrogen (secondary N) is 1. The van der Waals surface area contributed by atoms with E-state index in [1.54, 1.807) is 12.0 Å². The molecule has 0 bridgehead atoms. The Morgan fingerprint density at radius 2 is 2.30 bits per heavy atom. The van der Waals surface area contributed by atoms with E-state index < -0.39 is 0 Å². The number of hydrogen-bond acceptors (Lipinski definition) is 4. The summed E-state index contributed by atoms with van der Waals surface area (Å²) < 4.78 is 11.0. The second-order valence-electron chi connectivity index (χ2n) is 4.76. The Kier molecular flexibility index (Phi) is 4.68. The van der Waals surface area contributed by atoms with Gasteiger partial charge in [0.15, 0.2) is 0 Å². The van der Waals surface area contributed by atoms with Crippen molar-refractivity contribution in [2.24, 2.45) is 5.73 Å². The predicted octanol–water partition coefficient (Wildman–Crippen LogP) is 1.12. The van der Waals surface area contributed by atoms with Gasteiger partial charge >= 0.3 is 6.03 Å². The number of urea groups is 1. The molecule has 1 aromatic carbocycles. The van der Waals surface area contributed by atoms with Gasteiger partial charge in [-0.25, -0.2) is 4.79 Å². The second kappa shape index (κ2) is 6.47. The molecule has 1 atom stereocenters. The molecule has 1 fully saturated rings. The smallest absolute Gasteiger partial charge is 0.317 e. The first-order chi connectivity index (χ1) is 9.61. The van der Waals surface area contributed by atoms with Crippen LogP contribution in [-0.2, 0) is 0 Å². The van der Waals surface area contributed by atoms with E-state index in [1.807, 2.05) is 25.1 Å². The molecule has 0 spiro atoms. The number of carbonyl (C=O) groups is 1. The number of rotatable bonds is 6. The molecule has 1 aliphatic rings. The first-order valence-corrected chi connectivity index (χ1v) is 6.71. The number of nitrogens with zero attached hydrogens (tertiary/aromatic N) is 1.